The van der Waals surface area contributed by atoms with Crippen molar-refractivity contribution in [1.82, 2.24) is 14.5 Å². The molecule has 0 radical (unpaired) electrons. The van der Waals surface area contributed by atoms with E-state index in [1.165, 1.54) is 10.8 Å². The van der Waals surface area contributed by atoms with Gasteiger partial charge in [0.1, 0.15) is 12.3 Å². The van der Waals surface area contributed by atoms with Gasteiger partial charge in [0, 0.05) is 0 Å². The lowest BCUT2D eigenvalue weighted by Crippen LogP contribution is -2.42. The zero-order chi connectivity index (χ0) is 21.3. The third-order valence-electron chi connectivity index (χ3n) is 5.21. The van der Waals surface area contributed by atoms with Crippen molar-refractivity contribution in [1.29, 1.82) is 0 Å². The van der Waals surface area contributed by atoms with Crippen molar-refractivity contribution in [2.75, 3.05) is 0 Å². The number of aryl methyl sites for hydroxylation is 1. The number of hydrogen-bond donors (Lipinski definition) is 1. The van der Waals surface area contributed by atoms with Gasteiger partial charge in [0.2, 0.25) is 5.91 Å². The lowest BCUT2D eigenvalue weighted by molar-refractivity contribution is -0.121. The van der Waals surface area contributed by atoms with Crippen LogP contribution in [-0.2, 0) is 17.9 Å². The van der Waals surface area contributed by atoms with Gasteiger partial charge >= 0.3 is 5.69 Å². The number of hydrogen-bond acceptors (Lipinski definition) is 4. The SMILES string of the molecule is Cc1cccc(-n2c(=O)c3ccccc3n(CC(=O)NCc3ccco3)c2=O)c1C. The van der Waals surface area contributed by atoms with E-state index < -0.39 is 11.2 Å². The Hall–Kier alpha value is -3.87. The van der Waals surface area contributed by atoms with Crippen LogP contribution in [0, 0.1) is 13.8 Å². The molecular formula is C23H21N3O4. The summed E-state index contributed by atoms with van der Waals surface area (Å²) in [5, 5.41) is 3.11. The Morgan fingerprint density at radius 2 is 1.80 bits per heavy atom. The normalized spacial score (nSPS) is 11.0. The maximum Gasteiger partial charge on any atom is 0.336 e. The molecule has 0 saturated carbocycles. The van der Waals surface area contributed by atoms with E-state index in [2.05, 4.69) is 5.32 Å². The summed E-state index contributed by atoms with van der Waals surface area (Å²) in [5.74, 6) is 0.255. The highest BCUT2D eigenvalue weighted by Crippen LogP contribution is 2.16. The Morgan fingerprint density at radius 3 is 2.57 bits per heavy atom. The Labute approximate surface area is 172 Å². The highest BCUT2D eigenvalue weighted by Gasteiger charge is 2.17. The summed E-state index contributed by atoms with van der Waals surface area (Å²) in [4.78, 5) is 39.1. The fraction of sp³-hybridized carbons (Fsp3) is 0.174. The van der Waals surface area contributed by atoms with Crippen LogP contribution in [0.25, 0.3) is 16.6 Å². The van der Waals surface area contributed by atoms with Crippen LogP contribution in [0.1, 0.15) is 16.9 Å². The van der Waals surface area contributed by atoms with E-state index in [0.717, 1.165) is 15.7 Å². The maximum atomic E-state index is 13.4. The van der Waals surface area contributed by atoms with Crippen molar-refractivity contribution in [3.8, 4) is 5.69 Å². The van der Waals surface area contributed by atoms with Crippen LogP contribution in [0.15, 0.2) is 74.9 Å². The van der Waals surface area contributed by atoms with Gasteiger partial charge in [-0.3, -0.25) is 14.2 Å². The quantitative estimate of drug-likeness (QED) is 0.555. The highest BCUT2D eigenvalue weighted by molar-refractivity contribution is 5.82. The van der Waals surface area contributed by atoms with Gasteiger partial charge in [-0.05, 0) is 55.3 Å². The molecule has 0 unspecified atom stereocenters. The molecule has 0 aliphatic carbocycles. The molecule has 0 atom stereocenters. The van der Waals surface area contributed by atoms with Gasteiger partial charge < -0.3 is 9.73 Å². The predicted molar refractivity (Wildman–Crippen MR) is 114 cm³/mol. The number of benzene rings is 2. The number of aromatic nitrogens is 2. The number of carbonyl (C=O) groups is 1. The van der Waals surface area contributed by atoms with Crippen LogP contribution in [0.3, 0.4) is 0 Å². The largest absolute Gasteiger partial charge is 0.467 e. The third kappa shape index (κ3) is 3.45. The first kappa shape index (κ1) is 19.4. The van der Waals surface area contributed by atoms with Gasteiger partial charge in [-0.25, -0.2) is 9.36 Å². The van der Waals surface area contributed by atoms with Gasteiger partial charge in [0.15, 0.2) is 0 Å². The van der Waals surface area contributed by atoms with Crippen LogP contribution in [0.5, 0.6) is 0 Å². The summed E-state index contributed by atoms with van der Waals surface area (Å²) in [7, 11) is 0. The lowest BCUT2D eigenvalue weighted by atomic mass is 10.1. The summed E-state index contributed by atoms with van der Waals surface area (Å²) in [6, 6.07) is 15.8. The monoisotopic (exact) mass is 403 g/mol. The van der Waals surface area contributed by atoms with E-state index in [1.54, 1.807) is 48.5 Å². The highest BCUT2D eigenvalue weighted by atomic mass is 16.3. The van der Waals surface area contributed by atoms with Crippen molar-refractivity contribution in [2.24, 2.45) is 0 Å². The van der Waals surface area contributed by atoms with E-state index in [4.69, 9.17) is 4.42 Å². The molecule has 152 valence electrons. The van der Waals surface area contributed by atoms with Gasteiger partial charge in [-0.1, -0.05) is 24.3 Å². The summed E-state index contributed by atoms with van der Waals surface area (Å²) in [6.45, 7) is 3.79. The molecule has 1 N–H and O–H groups in total. The minimum atomic E-state index is -0.555. The molecule has 30 heavy (non-hydrogen) atoms. The first-order valence-corrected chi connectivity index (χ1v) is 9.57. The van der Waals surface area contributed by atoms with Crippen molar-refractivity contribution in [3.05, 3.63) is 98.6 Å². The zero-order valence-electron chi connectivity index (χ0n) is 16.7. The number of fused-ring (bicyclic) bond motifs is 1. The van der Waals surface area contributed by atoms with E-state index in [1.807, 2.05) is 19.9 Å². The Bertz CT molecular complexity index is 1350. The average molecular weight is 403 g/mol. The Kier molecular flexibility index (Phi) is 5.10. The fourth-order valence-electron chi connectivity index (χ4n) is 3.46. The molecule has 0 aliphatic heterocycles. The molecule has 4 rings (SSSR count). The van der Waals surface area contributed by atoms with Crippen molar-refractivity contribution in [3.63, 3.8) is 0 Å². The fourth-order valence-corrected chi connectivity index (χ4v) is 3.46. The topological polar surface area (TPSA) is 86.2 Å². The van der Waals surface area contributed by atoms with E-state index in [9.17, 15) is 14.4 Å². The molecular weight excluding hydrogens is 382 g/mol. The molecule has 1 amide bonds. The van der Waals surface area contributed by atoms with Gasteiger partial charge in [0.05, 0.1) is 29.4 Å². The maximum absolute atomic E-state index is 13.4. The van der Waals surface area contributed by atoms with E-state index in [0.29, 0.717) is 22.4 Å². The number of rotatable bonds is 5. The van der Waals surface area contributed by atoms with Crippen molar-refractivity contribution >= 4 is 16.8 Å². The smallest absolute Gasteiger partial charge is 0.336 e. The van der Waals surface area contributed by atoms with E-state index in [-0.39, 0.29) is 19.0 Å². The summed E-state index contributed by atoms with van der Waals surface area (Å²) in [6.07, 6.45) is 1.53. The van der Waals surface area contributed by atoms with E-state index >= 15 is 0 Å². The number of nitrogens with zero attached hydrogens (tertiary/aromatic N) is 2. The first-order valence-electron chi connectivity index (χ1n) is 9.57. The number of furan rings is 1. The zero-order valence-corrected chi connectivity index (χ0v) is 16.7. The van der Waals surface area contributed by atoms with Crippen molar-refractivity contribution < 1.29 is 9.21 Å². The second-order valence-corrected chi connectivity index (χ2v) is 7.10. The van der Waals surface area contributed by atoms with Gasteiger partial charge in [-0.2, -0.15) is 0 Å². The Morgan fingerprint density at radius 1 is 1.00 bits per heavy atom. The first-order chi connectivity index (χ1) is 14.5. The molecule has 2 heterocycles. The molecule has 7 heteroatoms. The summed E-state index contributed by atoms with van der Waals surface area (Å²) in [5.41, 5.74) is 1.77. The molecule has 2 aromatic carbocycles. The third-order valence-corrected chi connectivity index (χ3v) is 5.21. The minimum Gasteiger partial charge on any atom is -0.467 e. The average Bonchev–Trinajstić information content (AvgIpc) is 3.26. The number of amides is 1. The standard InChI is InChI=1S/C23H21N3O4/c1-15-7-5-11-19(16(15)2)26-22(28)18-9-3-4-10-20(18)25(23(26)29)14-21(27)24-13-17-8-6-12-30-17/h3-12H,13-14H2,1-2H3,(H,24,27). The second-order valence-electron chi connectivity index (χ2n) is 7.10. The second kappa shape index (κ2) is 7.87. The Balaban J connectivity index is 1.83. The summed E-state index contributed by atoms with van der Waals surface area (Å²) >= 11 is 0. The lowest BCUT2D eigenvalue weighted by Gasteiger charge is -2.16. The molecule has 0 saturated heterocycles. The minimum absolute atomic E-state index is 0.217. The van der Waals surface area contributed by atoms with Crippen LogP contribution >= 0.6 is 0 Å². The predicted octanol–water partition coefficient (Wildman–Crippen LogP) is 2.68. The van der Waals surface area contributed by atoms with Crippen LogP contribution in [0.2, 0.25) is 0 Å². The number of para-hydroxylation sites is 1. The summed E-state index contributed by atoms with van der Waals surface area (Å²) < 4.78 is 7.69. The molecule has 4 aromatic rings. The molecule has 7 nitrogen and oxygen atoms in total. The molecule has 0 bridgehead atoms. The molecule has 0 aliphatic rings. The van der Waals surface area contributed by atoms with Crippen molar-refractivity contribution in [2.45, 2.75) is 26.9 Å². The number of nitrogens with one attached hydrogen (secondary N) is 1. The van der Waals surface area contributed by atoms with Crippen LogP contribution < -0.4 is 16.6 Å². The number of carbonyl (C=O) groups excluding carboxylic acids is 1. The van der Waals surface area contributed by atoms with Crippen LogP contribution in [0.4, 0.5) is 0 Å². The van der Waals surface area contributed by atoms with Gasteiger partial charge in [-0.15, -0.1) is 0 Å². The van der Waals surface area contributed by atoms with Gasteiger partial charge in [0.25, 0.3) is 5.56 Å². The molecule has 0 fully saturated rings. The molecule has 0 spiro atoms. The van der Waals surface area contributed by atoms with Crippen LogP contribution in [-0.4, -0.2) is 15.0 Å². The molecule has 2 aromatic heterocycles.